The van der Waals surface area contributed by atoms with E-state index in [2.05, 4.69) is 10.5 Å². The molecule has 3 rings (SSSR count). The summed E-state index contributed by atoms with van der Waals surface area (Å²) in [6, 6.07) is 1.68. The maximum Gasteiger partial charge on any atom is 0.248 e. The summed E-state index contributed by atoms with van der Waals surface area (Å²) in [5.74, 6) is 1.01. The molecule has 26 heavy (non-hydrogen) atoms. The van der Waals surface area contributed by atoms with Crippen LogP contribution in [0.15, 0.2) is 10.6 Å². The average molecular weight is 364 g/mol. The third kappa shape index (κ3) is 5.54. The molecule has 0 spiro atoms. The van der Waals surface area contributed by atoms with Crippen molar-refractivity contribution in [1.29, 1.82) is 0 Å². The lowest BCUT2D eigenvalue weighted by Gasteiger charge is -2.34. The molecule has 0 radical (unpaired) electrons. The molecule has 1 saturated carbocycles. The Morgan fingerprint density at radius 2 is 1.96 bits per heavy atom. The summed E-state index contributed by atoms with van der Waals surface area (Å²) in [4.78, 5) is 28.2. The summed E-state index contributed by atoms with van der Waals surface area (Å²) in [6.07, 6.45) is 6.07. The number of nitrogens with zero attached hydrogens (tertiary/aromatic N) is 3. The van der Waals surface area contributed by atoms with E-state index in [0.29, 0.717) is 37.8 Å². The summed E-state index contributed by atoms with van der Waals surface area (Å²) in [7, 11) is 0. The van der Waals surface area contributed by atoms with Crippen LogP contribution in [0.1, 0.15) is 37.9 Å². The van der Waals surface area contributed by atoms with Crippen molar-refractivity contribution in [2.24, 2.45) is 0 Å². The van der Waals surface area contributed by atoms with E-state index in [4.69, 9.17) is 9.26 Å². The van der Waals surface area contributed by atoms with Gasteiger partial charge in [0.25, 0.3) is 0 Å². The zero-order valence-corrected chi connectivity index (χ0v) is 15.4. The topological polar surface area (TPSA) is 87.9 Å². The number of hydrogen-bond acceptors (Lipinski definition) is 6. The van der Waals surface area contributed by atoms with Gasteiger partial charge in [0, 0.05) is 32.2 Å². The molecule has 2 amide bonds. The number of amides is 2. The second-order valence-corrected chi connectivity index (χ2v) is 7.10. The first kappa shape index (κ1) is 18.8. The number of carbonyl (C=O) groups is 2. The Kier molecular flexibility index (Phi) is 6.62. The van der Waals surface area contributed by atoms with Crippen molar-refractivity contribution in [3.05, 3.63) is 11.8 Å². The second kappa shape index (κ2) is 9.14. The minimum absolute atomic E-state index is 0.0535. The molecule has 1 aliphatic carbocycles. The van der Waals surface area contributed by atoms with E-state index < -0.39 is 0 Å². The van der Waals surface area contributed by atoms with Gasteiger partial charge >= 0.3 is 0 Å². The molecular weight excluding hydrogens is 336 g/mol. The molecule has 144 valence electrons. The van der Waals surface area contributed by atoms with Gasteiger partial charge in [0.05, 0.1) is 12.6 Å². The van der Waals surface area contributed by atoms with Crippen molar-refractivity contribution in [3.63, 3.8) is 0 Å². The van der Waals surface area contributed by atoms with Gasteiger partial charge < -0.3 is 19.5 Å². The van der Waals surface area contributed by atoms with Gasteiger partial charge in [-0.1, -0.05) is 24.4 Å². The fraction of sp³-hybridized carbons (Fsp3) is 0.722. The van der Waals surface area contributed by atoms with E-state index in [1.54, 1.807) is 13.0 Å². The molecule has 0 atom stereocenters. The van der Waals surface area contributed by atoms with Crippen LogP contribution >= 0.6 is 0 Å². The van der Waals surface area contributed by atoms with Crippen molar-refractivity contribution in [2.75, 3.05) is 44.6 Å². The lowest BCUT2D eigenvalue weighted by Crippen LogP contribution is -2.51. The van der Waals surface area contributed by atoms with Gasteiger partial charge in [-0.3, -0.25) is 14.5 Å². The SMILES string of the molecule is Cc1cc(NC(=O)CN2CCN(C(=O)COC3CCCCC3)CC2)no1. The zero-order chi connectivity index (χ0) is 18.4. The smallest absolute Gasteiger partial charge is 0.248 e. The minimum Gasteiger partial charge on any atom is -0.368 e. The monoisotopic (exact) mass is 364 g/mol. The fourth-order valence-electron chi connectivity index (χ4n) is 3.48. The molecule has 0 unspecified atom stereocenters. The standard InChI is InChI=1S/C18H28N4O4/c1-14-11-16(20-26-14)19-17(23)12-21-7-9-22(10-8-21)18(24)13-25-15-5-3-2-4-6-15/h11,15H,2-10,12-13H2,1H3,(H,19,20,23). The number of aromatic nitrogens is 1. The number of aryl methyl sites for hydroxylation is 1. The molecule has 1 N–H and O–H groups in total. The summed E-state index contributed by atoms with van der Waals surface area (Å²) in [5, 5.41) is 6.47. The van der Waals surface area contributed by atoms with Crippen LogP contribution in [0.2, 0.25) is 0 Å². The number of piperazine rings is 1. The molecule has 2 aliphatic rings. The Hall–Kier alpha value is -1.93. The Balaban J connectivity index is 1.34. The van der Waals surface area contributed by atoms with Crippen LogP contribution in [-0.2, 0) is 14.3 Å². The fourth-order valence-corrected chi connectivity index (χ4v) is 3.48. The molecule has 2 fully saturated rings. The Labute approximate surface area is 153 Å². The second-order valence-electron chi connectivity index (χ2n) is 7.10. The van der Waals surface area contributed by atoms with E-state index >= 15 is 0 Å². The number of ether oxygens (including phenoxy) is 1. The third-order valence-electron chi connectivity index (χ3n) is 4.98. The Bertz CT molecular complexity index is 604. The highest BCUT2D eigenvalue weighted by Gasteiger charge is 2.24. The van der Waals surface area contributed by atoms with Crippen LogP contribution in [0.4, 0.5) is 5.82 Å². The van der Waals surface area contributed by atoms with Crippen LogP contribution in [0, 0.1) is 6.92 Å². The number of rotatable bonds is 6. The highest BCUT2D eigenvalue weighted by atomic mass is 16.5. The van der Waals surface area contributed by atoms with E-state index in [1.807, 2.05) is 9.80 Å². The highest BCUT2D eigenvalue weighted by molar-refractivity contribution is 5.91. The third-order valence-corrected chi connectivity index (χ3v) is 4.98. The normalized spacial score (nSPS) is 19.5. The van der Waals surface area contributed by atoms with Gasteiger partial charge in [0.15, 0.2) is 5.82 Å². The lowest BCUT2D eigenvalue weighted by molar-refractivity contribution is -0.140. The largest absolute Gasteiger partial charge is 0.368 e. The van der Waals surface area contributed by atoms with E-state index in [1.165, 1.54) is 19.3 Å². The van der Waals surface area contributed by atoms with Crippen LogP contribution in [0.5, 0.6) is 0 Å². The molecule has 8 nitrogen and oxygen atoms in total. The highest BCUT2D eigenvalue weighted by Crippen LogP contribution is 2.20. The van der Waals surface area contributed by atoms with Crippen molar-refractivity contribution in [2.45, 2.75) is 45.1 Å². The lowest BCUT2D eigenvalue weighted by atomic mass is 9.98. The van der Waals surface area contributed by atoms with Crippen LogP contribution < -0.4 is 5.32 Å². The maximum absolute atomic E-state index is 12.3. The van der Waals surface area contributed by atoms with E-state index in [-0.39, 0.29) is 31.1 Å². The van der Waals surface area contributed by atoms with Gasteiger partial charge in [-0.2, -0.15) is 0 Å². The molecular formula is C18H28N4O4. The maximum atomic E-state index is 12.3. The molecule has 1 saturated heterocycles. The molecule has 0 bridgehead atoms. The molecule has 1 aromatic heterocycles. The quantitative estimate of drug-likeness (QED) is 0.821. The number of carbonyl (C=O) groups excluding carboxylic acids is 2. The molecule has 1 aliphatic heterocycles. The van der Waals surface area contributed by atoms with Crippen molar-refractivity contribution in [3.8, 4) is 0 Å². The van der Waals surface area contributed by atoms with Gasteiger partial charge in [0.1, 0.15) is 12.4 Å². The van der Waals surface area contributed by atoms with E-state index in [9.17, 15) is 9.59 Å². The number of anilines is 1. The first-order valence-corrected chi connectivity index (χ1v) is 9.45. The van der Waals surface area contributed by atoms with Gasteiger partial charge in [0.2, 0.25) is 11.8 Å². The van der Waals surface area contributed by atoms with Crippen molar-refractivity contribution >= 4 is 17.6 Å². The molecule has 0 aromatic carbocycles. The first-order valence-electron chi connectivity index (χ1n) is 9.45. The van der Waals surface area contributed by atoms with Crippen LogP contribution in [0.3, 0.4) is 0 Å². The summed E-state index contributed by atoms with van der Waals surface area (Å²) in [5.41, 5.74) is 0. The van der Waals surface area contributed by atoms with E-state index in [0.717, 1.165) is 12.8 Å². The van der Waals surface area contributed by atoms with Gasteiger partial charge in [-0.15, -0.1) is 0 Å². The number of hydrogen-bond donors (Lipinski definition) is 1. The molecule has 2 heterocycles. The van der Waals surface area contributed by atoms with Crippen LogP contribution in [0.25, 0.3) is 0 Å². The van der Waals surface area contributed by atoms with Gasteiger partial charge in [-0.25, -0.2) is 0 Å². The molecule has 1 aromatic rings. The zero-order valence-electron chi connectivity index (χ0n) is 15.4. The predicted molar refractivity (Wildman–Crippen MR) is 95.7 cm³/mol. The summed E-state index contributed by atoms with van der Waals surface area (Å²) in [6.45, 7) is 4.85. The number of nitrogens with one attached hydrogen (secondary N) is 1. The minimum atomic E-state index is -0.126. The predicted octanol–water partition coefficient (Wildman–Crippen LogP) is 1.42. The average Bonchev–Trinajstić information content (AvgIpc) is 3.05. The molecule has 8 heteroatoms. The Morgan fingerprint density at radius 1 is 1.23 bits per heavy atom. The summed E-state index contributed by atoms with van der Waals surface area (Å²) >= 11 is 0. The first-order chi connectivity index (χ1) is 12.6. The Morgan fingerprint density at radius 3 is 2.62 bits per heavy atom. The van der Waals surface area contributed by atoms with Crippen molar-refractivity contribution < 1.29 is 18.8 Å². The van der Waals surface area contributed by atoms with Crippen molar-refractivity contribution in [1.82, 2.24) is 15.0 Å². The van der Waals surface area contributed by atoms with Gasteiger partial charge in [-0.05, 0) is 19.8 Å². The van der Waals surface area contributed by atoms with Crippen LogP contribution in [-0.4, -0.2) is 72.2 Å². The summed E-state index contributed by atoms with van der Waals surface area (Å²) < 4.78 is 10.7.